The number of benzene rings is 1. The molecule has 1 unspecified atom stereocenters. The van der Waals surface area contributed by atoms with Crippen molar-refractivity contribution in [2.45, 2.75) is 25.8 Å². The van der Waals surface area contributed by atoms with Crippen molar-refractivity contribution < 1.29 is 9.90 Å². The summed E-state index contributed by atoms with van der Waals surface area (Å²) in [6, 6.07) is 4.92. The Kier molecular flexibility index (Phi) is 5.24. The molecule has 2 N–H and O–H groups in total. The Morgan fingerprint density at radius 1 is 1.59 bits per heavy atom. The predicted molar refractivity (Wildman–Crippen MR) is 80.8 cm³/mol. The second-order valence-corrected chi connectivity index (χ2v) is 5.89. The van der Waals surface area contributed by atoms with Gasteiger partial charge in [-0.1, -0.05) is 22.9 Å². The highest BCUT2D eigenvalue weighted by Crippen LogP contribution is 2.21. The van der Waals surface area contributed by atoms with Gasteiger partial charge in [0.05, 0.1) is 3.57 Å². The second kappa shape index (κ2) is 6.04. The fourth-order valence-corrected chi connectivity index (χ4v) is 2.09. The number of rotatable bonds is 4. The van der Waals surface area contributed by atoms with Crippen LogP contribution in [0.1, 0.15) is 30.6 Å². The normalized spacial score (nSPS) is 14.1. The first-order chi connectivity index (χ1) is 7.91. The number of hydrogen-bond acceptors (Lipinski definition) is 2. The summed E-state index contributed by atoms with van der Waals surface area (Å²) in [7, 11) is 0. The van der Waals surface area contributed by atoms with Crippen molar-refractivity contribution in [3.8, 4) is 5.75 Å². The van der Waals surface area contributed by atoms with Crippen molar-refractivity contribution in [1.82, 2.24) is 5.32 Å². The maximum absolute atomic E-state index is 12.0. The van der Waals surface area contributed by atoms with Crippen molar-refractivity contribution in [3.05, 3.63) is 27.3 Å². The molecule has 1 atom stereocenters. The van der Waals surface area contributed by atoms with Gasteiger partial charge < -0.3 is 10.4 Å². The zero-order valence-corrected chi connectivity index (χ0v) is 13.5. The van der Waals surface area contributed by atoms with Gasteiger partial charge in [-0.15, -0.1) is 0 Å². The van der Waals surface area contributed by atoms with Crippen LogP contribution in [0.25, 0.3) is 0 Å². The Bertz CT molecular complexity index is 419. The second-order valence-electron chi connectivity index (χ2n) is 4.17. The first kappa shape index (κ1) is 14.8. The highest BCUT2D eigenvalue weighted by atomic mass is 127. The zero-order chi connectivity index (χ0) is 13.1. The van der Waals surface area contributed by atoms with E-state index in [2.05, 4.69) is 21.2 Å². The molecule has 0 aliphatic carbocycles. The van der Waals surface area contributed by atoms with Gasteiger partial charge in [0.15, 0.2) is 0 Å². The minimum atomic E-state index is -0.268. The number of alkyl halides is 1. The van der Waals surface area contributed by atoms with E-state index in [-0.39, 0.29) is 17.2 Å². The van der Waals surface area contributed by atoms with Crippen LogP contribution in [0.3, 0.4) is 0 Å². The largest absolute Gasteiger partial charge is 0.507 e. The lowest BCUT2D eigenvalue weighted by Crippen LogP contribution is -2.46. The highest BCUT2D eigenvalue weighted by molar-refractivity contribution is 14.1. The number of carbonyl (C=O) groups is 1. The Morgan fingerprint density at radius 3 is 2.71 bits per heavy atom. The van der Waals surface area contributed by atoms with Crippen molar-refractivity contribution in [1.29, 1.82) is 0 Å². The molecule has 0 aromatic heterocycles. The van der Waals surface area contributed by atoms with Crippen molar-refractivity contribution >= 4 is 44.4 Å². The van der Waals surface area contributed by atoms with Crippen LogP contribution in [-0.4, -0.2) is 21.9 Å². The molecule has 1 aromatic carbocycles. The SMILES string of the molecule is CCC(C)(CBr)NC(=O)c1ccc(I)c(O)c1. The summed E-state index contributed by atoms with van der Waals surface area (Å²) >= 11 is 5.41. The molecular formula is C12H15BrINO2. The molecular weight excluding hydrogens is 397 g/mol. The molecule has 0 aliphatic rings. The number of nitrogens with one attached hydrogen (secondary N) is 1. The molecule has 0 spiro atoms. The molecule has 1 aromatic rings. The van der Waals surface area contributed by atoms with Crippen molar-refractivity contribution in [2.24, 2.45) is 0 Å². The summed E-state index contributed by atoms with van der Waals surface area (Å²) in [5.74, 6) is -0.0317. The average molecular weight is 412 g/mol. The third-order valence-corrected chi connectivity index (χ3v) is 4.85. The monoisotopic (exact) mass is 411 g/mol. The van der Waals surface area contributed by atoms with Crippen LogP contribution in [0.5, 0.6) is 5.75 Å². The van der Waals surface area contributed by atoms with Gasteiger partial charge in [0.1, 0.15) is 5.75 Å². The molecule has 0 heterocycles. The first-order valence-corrected chi connectivity index (χ1v) is 7.49. The van der Waals surface area contributed by atoms with E-state index in [9.17, 15) is 9.90 Å². The van der Waals surface area contributed by atoms with Gasteiger partial charge in [-0.2, -0.15) is 0 Å². The van der Waals surface area contributed by atoms with Crippen LogP contribution in [0.4, 0.5) is 0 Å². The number of phenolic OH excluding ortho intramolecular Hbond substituents is 1. The molecule has 0 bridgehead atoms. The topological polar surface area (TPSA) is 49.3 Å². The maximum Gasteiger partial charge on any atom is 0.251 e. The summed E-state index contributed by atoms with van der Waals surface area (Å²) in [5.41, 5.74) is 0.207. The van der Waals surface area contributed by atoms with E-state index in [0.717, 1.165) is 9.99 Å². The van der Waals surface area contributed by atoms with Gasteiger partial charge in [-0.25, -0.2) is 0 Å². The molecule has 0 fully saturated rings. The molecule has 0 saturated heterocycles. The number of amides is 1. The van der Waals surface area contributed by atoms with E-state index in [4.69, 9.17) is 0 Å². The van der Waals surface area contributed by atoms with Crippen LogP contribution in [0.2, 0.25) is 0 Å². The van der Waals surface area contributed by atoms with Crippen LogP contribution >= 0.6 is 38.5 Å². The van der Waals surface area contributed by atoms with E-state index in [1.165, 1.54) is 6.07 Å². The molecule has 0 saturated carbocycles. The smallest absolute Gasteiger partial charge is 0.251 e. The number of halogens is 2. The summed E-state index contributed by atoms with van der Waals surface area (Å²) in [6.45, 7) is 4.00. The van der Waals surface area contributed by atoms with Gasteiger partial charge in [-0.05, 0) is 54.1 Å². The Labute approximate surface area is 123 Å². The highest BCUT2D eigenvalue weighted by Gasteiger charge is 2.23. The fourth-order valence-electron chi connectivity index (χ4n) is 1.22. The van der Waals surface area contributed by atoms with Gasteiger partial charge in [0, 0.05) is 16.4 Å². The average Bonchev–Trinajstić information content (AvgIpc) is 2.32. The molecule has 17 heavy (non-hydrogen) atoms. The lowest BCUT2D eigenvalue weighted by atomic mass is 10.0. The zero-order valence-electron chi connectivity index (χ0n) is 9.76. The predicted octanol–water partition coefficient (Wildman–Crippen LogP) is 3.29. The third-order valence-electron chi connectivity index (χ3n) is 2.70. The van der Waals surface area contributed by atoms with E-state index >= 15 is 0 Å². The first-order valence-electron chi connectivity index (χ1n) is 5.29. The summed E-state index contributed by atoms with van der Waals surface area (Å²) < 4.78 is 0.734. The lowest BCUT2D eigenvalue weighted by Gasteiger charge is -2.27. The van der Waals surface area contributed by atoms with Crippen LogP contribution in [0.15, 0.2) is 18.2 Å². The van der Waals surface area contributed by atoms with Crippen LogP contribution in [0, 0.1) is 3.57 Å². The summed E-state index contributed by atoms with van der Waals surface area (Å²) in [6.07, 6.45) is 0.834. The van der Waals surface area contributed by atoms with Crippen molar-refractivity contribution in [3.63, 3.8) is 0 Å². The Morgan fingerprint density at radius 2 is 2.24 bits per heavy atom. The Balaban J connectivity index is 2.86. The van der Waals surface area contributed by atoms with Crippen molar-refractivity contribution in [2.75, 3.05) is 5.33 Å². The number of phenols is 1. The van der Waals surface area contributed by atoms with Crippen LogP contribution in [-0.2, 0) is 0 Å². The number of aromatic hydroxyl groups is 1. The fraction of sp³-hybridized carbons (Fsp3) is 0.417. The third kappa shape index (κ3) is 3.84. The van der Waals surface area contributed by atoms with Gasteiger partial charge in [-0.3, -0.25) is 4.79 Å². The molecule has 5 heteroatoms. The lowest BCUT2D eigenvalue weighted by molar-refractivity contribution is 0.0913. The van der Waals surface area contributed by atoms with Gasteiger partial charge in [0.2, 0.25) is 0 Å². The molecule has 1 rings (SSSR count). The minimum absolute atomic E-state index is 0.135. The van der Waals surface area contributed by atoms with E-state index in [0.29, 0.717) is 10.9 Å². The van der Waals surface area contributed by atoms with E-state index < -0.39 is 0 Å². The quantitative estimate of drug-likeness (QED) is 0.590. The van der Waals surface area contributed by atoms with E-state index in [1.807, 2.05) is 36.4 Å². The molecule has 0 aliphatic heterocycles. The minimum Gasteiger partial charge on any atom is -0.507 e. The molecule has 0 radical (unpaired) electrons. The van der Waals surface area contributed by atoms with E-state index in [1.54, 1.807) is 12.1 Å². The number of carbonyl (C=O) groups excluding carboxylic acids is 1. The molecule has 94 valence electrons. The van der Waals surface area contributed by atoms with Gasteiger partial charge in [0.25, 0.3) is 5.91 Å². The molecule has 3 nitrogen and oxygen atoms in total. The Hall–Kier alpha value is -0.300. The molecule has 1 amide bonds. The maximum atomic E-state index is 12.0. The standard InChI is InChI=1S/C12H15BrINO2/c1-3-12(2,7-13)15-11(17)8-4-5-9(14)10(16)6-8/h4-6,16H,3,7H2,1-2H3,(H,15,17). The van der Waals surface area contributed by atoms with Gasteiger partial charge >= 0.3 is 0 Å². The number of hydrogen-bond donors (Lipinski definition) is 2. The van der Waals surface area contributed by atoms with Crippen LogP contribution < -0.4 is 5.32 Å². The summed E-state index contributed by atoms with van der Waals surface area (Å²) in [5, 5.41) is 13.2. The summed E-state index contributed by atoms with van der Waals surface area (Å²) in [4.78, 5) is 12.0.